The molecule has 1 heterocycles. The molecule has 4 nitrogen and oxygen atoms in total. The first-order chi connectivity index (χ1) is 7.66. The zero-order valence-electron chi connectivity index (χ0n) is 8.18. The maximum Gasteiger partial charge on any atom is 0.308 e. The highest BCUT2D eigenvalue weighted by molar-refractivity contribution is 5.74. The van der Waals surface area contributed by atoms with Crippen LogP contribution >= 0.6 is 0 Å². The van der Waals surface area contributed by atoms with Crippen LogP contribution in [-0.2, 0) is 11.2 Å². The molecule has 0 aliphatic rings. The van der Waals surface area contributed by atoms with Gasteiger partial charge in [0.25, 0.3) is 0 Å². The first-order valence-electron chi connectivity index (χ1n) is 4.58. The lowest BCUT2D eigenvalue weighted by Gasteiger charge is -1.98. The maximum atomic E-state index is 12.7. The largest absolute Gasteiger partial charge is 0.481 e. The minimum atomic E-state index is -0.966. The standard InChI is InChI=1S/C11H8FNO3/c12-9-3-1-7(2-4-9)11-8(5-10(14)15)6-16-13-11/h1-4,6H,5H2,(H,14,15). The molecule has 0 atom stereocenters. The van der Waals surface area contributed by atoms with Crippen LogP contribution < -0.4 is 0 Å². The number of rotatable bonds is 3. The van der Waals surface area contributed by atoms with Crippen LogP contribution in [0.15, 0.2) is 35.1 Å². The second-order valence-corrected chi connectivity index (χ2v) is 3.27. The van der Waals surface area contributed by atoms with Gasteiger partial charge in [-0.05, 0) is 24.3 Å². The lowest BCUT2D eigenvalue weighted by Crippen LogP contribution is -2.00. The molecule has 16 heavy (non-hydrogen) atoms. The number of benzene rings is 1. The summed E-state index contributed by atoms with van der Waals surface area (Å²) in [6, 6.07) is 5.63. The van der Waals surface area contributed by atoms with Crippen LogP contribution in [-0.4, -0.2) is 16.2 Å². The van der Waals surface area contributed by atoms with Crippen LogP contribution in [0.3, 0.4) is 0 Å². The van der Waals surface area contributed by atoms with Crippen molar-refractivity contribution < 1.29 is 18.8 Å². The van der Waals surface area contributed by atoms with E-state index in [1.165, 1.54) is 30.5 Å². The van der Waals surface area contributed by atoms with Gasteiger partial charge in [0.05, 0.1) is 6.42 Å². The van der Waals surface area contributed by atoms with Crippen molar-refractivity contribution in [1.29, 1.82) is 0 Å². The Morgan fingerprint density at radius 3 is 2.69 bits per heavy atom. The van der Waals surface area contributed by atoms with E-state index in [1.807, 2.05) is 0 Å². The Kier molecular flexibility index (Phi) is 2.68. The number of carbonyl (C=O) groups is 1. The third-order valence-corrected chi connectivity index (χ3v) is 2.10. The van der Waals surface area contributed by atoms with Gasteiger partial charge < -0.3 is 9.63 Å². The second kappa shape index (κ2) is 4.14. The summed E-state index contributed by atoms with van der Waals surface area (Å²) in [5.41, 5.74) is 1.54. The molecule has 0 radical (unpaired) electrons. The molecule has 1 N–H and O–H groups in total. The number of aliphatic carboxylic acids is 1. The number of halogens is 1. The fourth-order valence-electron chi connectivity index (χ4n) is 1.39. The highest BCUT2D eigenvalue weighted by atomic mass is 19.1. The van der Waals surface area contributed by atoms with Crippen LogP contribution in [0.5, 0.6) is 0 Å². The number of hydrogen-bond acceptors (Lipinski definition) is 3. The average Bonchev–Trinajstić information content (AvgIpc) is 2.66. The van der Waals surface area contributed by atoms with Crippen LogP contribution in [0.4, 0.5) is 4.39 Å². The molecule has 82 valence electrons. The number of carboxylic acid groups (broad SMARTS) is 1. The zero-order chi connectivity index (χ0) is 11.5. The summed E-state index contributed by atoms with van der Waals surface area (Å²) in [5, 5.41) is 12.4. The van der Waals surface area contributed by atoms with Gasteiger partial charge >= 0.3 is 5.97 Å². The van der Waals surface area contributed by atoms with E-state index >= 15 is 0 Å². The van der Waals surface area contributed by atoms with Crippen molar-refractivity contribution in [2.75, 3.05) is 0 Å². The molecule has 0 fully saturated rings. The summed E-state index contributed by atoms with van der Waals surface area (Å²) in [7, 11) is 0. The Hall–Kier alpha value is -2.17. The molecule has 0 aliphatic carbocycles. The average molecular weight is 221 g/mol. The highest BCUT2D eigenvalue weighted by Crippen LogP contribution is 2.22. The molecule has 1 aromatic carbocycles. The minimum Gasteiger partial charge on any atom is -0.481 e. The molecule has 1 aromatic heterocycles. The van der Waals surface area contributed by atoms with Gasteiger partial charge in [-0.1, -0.05) is 5.16 Å². The topological polar surface area (TPSA) is 63.3 Å². The van der Waals surface area contributed by atoms with Gasteiger partial charge in [-0.2, -0.15) is 0 Å². The van der Waals surface area contributed by atoms with E-state index in [0.717, 1.165) is 0 Å². The van der Waals surface area contributed by atoms with Crippen molar-refractivity contribution in [2.24, 2.45) is 0 Å². The van der Waals surface area contributed by atoms with E-state index < -0.39 is 5.97 Å². The van der Waals surface area contributed by atoms with Crippen LogP contribution in [0.2, 0.25) is 0 Å². The third kappa shape index (κ3) is 2.08. The summed E-state index contributed by atoms with van der Waals surface area (Å²) in [4.78, 5) is 10.6. The van der Waals surface area contributed by atoms with Crippen molar-refractivity contribution in [3.63, 3.8) is 0 Å². The van der Waals surface area contributed by atoms with E-state index in [2.05, 4.69) is 5.16 Å². The molecule has 0 bridgehead atoms. The SMILES string of the molecule is O=C(O)Cc1conc1-c1ccc(F)cc1. The molecule has 5 heteroatoms. The third-order valence-electron chi connectivity index (χ3n) is 2.10. The van der Waals surface area contributed by atoms with E-state index in [1.54, 1.807) is 0 Å². The molecular weight excluding hydrogens is 213 g/mol. The number of nitrogens with zero attached hydrogens (tertiary/aromatic N) is 1. The van der Waals surface area contributed by atoms with Crippen molar-refractivity contribution in [3.8, 4) is 11.3 Å². The van der Waals surface area contributed by atoms with E-state index in [-0.39, 0.29) is 12.2 Å². The second-order valence-electron chi connectivity index (χ2n) is 3.27. The number of carboxylic acids is 1. The van der Waals surface area contributed by atoms with Gasteiger partial charge in [0, 0.05) is 11.1 Å². The fraction of sp³-hybridized carbons (Fsp3) is 0.0909. The van der Waals surface area contributed by atoms with Gasteiger partial charge in [-0.3, -0.25) is 4.79 Å². The maximum absolute atomic E-state index is 12.7. The van der Waals surface area contributed by atoms with Crippen molar-refractivity contribution in [3.05, 3.63) is 41.9 Å². The Morgan fingerprint density at radius 1 is 1.38 bits per heavy atom. The lowest BCUT2D eigenvalue weighted by molar-refractivity contribution is -0.136. The van der Waals surface area contributed by atoms with E-state index in [4.69, 9.17) is 9.63 Å². The Balaban J connectivity index is 2.36. The minimum absolute atomic E-state index is 0.170. The smallest absolute Gasteiger partial charge is 0.308 e. The van der Waals surface area contributed by atoms with Gasteiger partial charge in [0.15, 0.2) is 0 Å². The first-order valence-corrected chi connectivity index (χ1v) is 4.58. The molecule has 0 aliphatic heterocycles. The quantitative estimate of drug-likeness (QED) is 0.862. The Labute approximate surface area is 90.3 Å². The zero-order valence-corrected chi connectivity index (χ0v) is 8.18. The van der Waals surface area contributed by atoms with Crippen LogP contribution in [0.1, 0.15) is 5.56 Å². The first kappa shape index (κ1) is 10.4. The van der Waals surface area contributed by atoms with E-state index in [9.17, 15) is 9.18 Å². The van der Waals surface area contributed by atoms with E-state index in [0.29, 0.717) is 16.8 Å². The monoisotopic (exact) mass is 221 g/mol. The molecule has 0 saturated heterocycles. The highest BCUT2D eigenvalue weighted by Gasteiger charge is 2.12. The lowest BCUT2D eigenvalue weighted by atomic mass is 10.1. The van der Waals surface area contributed by atoms with Gasteiger partial charge in [-0.15, -0.1) is 0 Å². The summed E-state index contributed by atoms with van der Waals surface area (Å²) >= 11 is 0. The Bertz CT molecular complexity index is 504. The molecule has 0 amide bonds. The fourth-order valence-corrected chi connectivity index (χ4v) is 1.39. The molecule has 0 unspecified atom stereocenters. The van der Waals surface area contributed by atoms with Crippen LogP contribution in [0.25, 0.3) is 11.3 Å². The molecule has 0 saturated carbocycles. The summed E-state index contributed by atoms with van der Waals surface area (Å²) in [6.45, 7) is 0. The summed E-state index contributed by atoms with van der Waals surface area (Å²) < 4.78 is 17.4. The van der Waals surface area contributed by atoms with Gasteiger partial charge in [0.1, 0.15) is 17.8 Å². The molecule has 2 rings (SSSR count). The molecular formula is C11H8FNO3. The number of hydrogen-bond donors (Lipinski definition) is 1. The van der Waals surface area contributed by atoms with Gasteiger partial charge in [-0.25, -0.2) is 4.39 Å². The summed E-state index contributed by atoms with van der Waals surface area (Å²) in [6.07, 6.45) is 1.11. The normalized spacial score (nSPS) is 10.3. The summed E-state index contributed by atoms with van der Waals surface area (Å²) in [5.74, 6) is -1.32. The molecule has 2 aromatic rings. The Morgan fingerprint density at radius 2 is 2.06 bits per heavy atom. The van der Waals surface area contributed by atoms with Crippen molar-refractivity contribution >= 4 is 5.97 Å². The number of aromatic nitrogens is 1. The van der Waals surface area contributed by atoms with Crippen LogP contribution in [0, 0.1) is 5.82 Å². The molecule has 0 spiro atoms. The predicted octanol–water partition coefficient (Wildman–Crippen LogP) is 2.11. The van der Waals surface area contributed by atoms with Crippen molar-refractivity contribution in [1.82, 2.24) is 5.16 Å². The van der Waals surface area contributed by atoms with Crippen molar-refractivity contribution in [2.45, 2.75) is 6.42 Å². The predicted molar refractivity (Wildman–Crippen MR) is 53.2 cm³/mol. The van der Waals surface area contributed by atoms with Gasteiger partial charge in [0.2, 0.25) is 0 Å².